The predicted octanol–water partition coefficient (Wildman–Crippen LogP) is 4.46. The van der Waals surface area contributed by atoms with Crippen molar-refractivity contribution in [2.75, 3.05) is 5.73 Å². The molecular weight excluding hydrogens is 308 g/mol. The summed E-state index contributed by atoms with van der Waals surface area (Å²) in [5.41, 5.74) is 8.71. The van der Waals surface area contributed by atoms with Crippen LogP contribution in [0.5, 0.6) is 0 Å². The molecular formula is C19H13F2N3. The number of anilines is 1. The predicted molar refractivity (Wildman–Crippen MR) is 88.9 cm³/mol. The molecule has 3 nitrogen and oxygen atoms in total. The van der Waals surface area contributed by atoms with Gasteiger partial charge in [0.1, 0.15) is 29.1 Å². The number of hydrogen-bond donors (Lipinski definition) is 1. The lowest BCUT2D eigenvalue weighted by Gasteiger charge is -2.12. The number of rotatable bonds is 2. The third kappa shape index (κ3) is 2.70. The zero-order valence-corrected chi connectivity index (χ0v) is 12.8. The zero-order valence-electron chi connectivity index (χ0n) is 12.8. The Hall–Kier alpha value is -3.26. The smallest absolute Gasteiger partial charge is 0.142 e. The highest BCUT2D eigenvalue weighted by molar-refractivity contribution is 5.81. The first-order valence-corrected chi connectivity index (χ1v) is 7.23. The van der Waals surface area contributed by atoms with E-state index in [1.807, 2.05) is 37.3 Å². The Balaban J connectivity index is 2.29. The van der Waals surface area contributed by atoms with Crippen LogP contribution in [-0.4, -0.2) is 4.98 Å². The number of nitriles is 1. The fourth-order valence-corrected chi connectivity index (χ4v) is 2.60. The van der Waals surface area contributed by atoms with Crippen LogP contribution >= 0.6 is 0 Å². The number of aryl methyl sites for hydroxylation is 1. The van der Waals surface area contributed by atoms with Crippen LogP contribution in [0.2, 0.25) is 0 Å². The van der Waals surface area contributed by atoms with Crippen molar-refractivity contribution < 1.29 is 8.78 Å². The number of pyridine rings is 1. The minimum Gasteiger partial charge on any atom is -0.383 e. The summed E-state index contributed by atoms with van der Waals surface area (Å²) in [5, 5.41) is 9.36. The molecule has 1 aromatic heterocycles. The first kappa shape index (κ1) is 15.6. The molecule has 0 radical (unpaired) electrons. The molecule has 0 saturated carbocycles. The van der Waals surface area contributed by atoms with Crippen molar-refractivity contribution in [1.82, 2.24) is 4.98 Å². The highest BCUT2D eigenvalue weighted by atomic mass is 19.1. The normalized spacial score (nSPS) is 10.4. The van der Waals surface area contributed by atoms with Crippen LogP contribution in [0.15, 0.2) is 48.5 Å². The number of halogens is 2. The summed E-state index contributed by atoms with van der Waals surface area (Å²) in [5.74, 6) is -1.43. The van der Waals surface area contributed by atoms with Crippen LogP contribution < -0.4 is 5.73 Å². The lowest BCUT2D eigenvalue weighted by Crippen LogP contribution is -2.01. The molecule has 0 atom stereocenters. The van der Waals surface area contributed by atoms with Crippen LogP contribution in [0, 0.1) is 29.9 Å². The fourth-order valence-electron chi connectivity index (χ4n) is 2.60. The molecule has 1 heterocycles. The van der Waals surface area contributed by atoms with Gasteiger partial charge in [-0.3, -0.25) is 0 Å². The summed E-state index contributed by atoms with van der Waals surface area (Å²) in [6, 6.07) is 14.3. The molecule has 2 N–H and O–H groups in total. The van der Waals surface area contributed by atoms with Crippen molar-refractivity contribution >= 4 is 5.82 Å². The molecule has 118 valence electrons. The molecule has 5 heteroatoms. The Kier molecular flexibility index (Phi) is 3.97. The molecule has 3 aromatic rings. The maximum Gasteiger partial charge on any atom is 0.142 e. The van der Waals surface area contributed by atoms with Gasteiger partial charge in [-0.25, -0.2) is 13.8 Å². The van der Waals surface area contributed by atoms with Crippen LogP contribution in [0.1, 0.15) is 11.1 Å². The molecule has 2 aromatic carbocycles. The third-order valence-electron chi connectivity index (χ3n) is 3.80. The molecule has 0 bridgehead atoms. The van der Waals surface area contributed by atoms with Crippen molar-refractivity contribution in [2.24, 2.45) is 0 Å². The Morgan fingerprint density at radius 3 is 2.42 bits per heavy atom. The van der Waals surface area contributed by atoms with E-state index in [9.17, 15) is 14.0 Å². The SMILES string of the molecule is Cc1ccccc1-c1cc(-c2ccc(F)cc2F)c(C#N)c(N)n1. The largest absolute Gasteiger partial charge is 0.383 e. The van der Waals surface area contributed by atoms with Crippen LogP contribution in [0.4, 0.5) is 14.6 Å². The molecule has 0 saturated heterocycles. The van der Waals surface area contributed by atoms with Gasteiger partial charge in [0.05, 0.1) is 5.69 Å². The van der Waals surface area contributed by atoms with Crippen molar-refractivity contribution in [3.8, 4) is 28.5 Å². The summed E-state index contributed by atoms with van der Waals surface area (Å²) < 4.78 is 27.4. The molecule has 0 unspecified atom stereocenters. The number of hydrogen-bond acceptors (Lipinski definition) is 3. The van der Waals surface area contributed by atoms with Gasteiger partial charge in [0, 0.05) is 22.8 Å². The van der Waals surface area contributed by atoms with Crippen molar-refractivity contribution in [2.45, 2.75) is 6.92 Å². The van der Waals surface area contributed by atoms with Crippen molar-refractivity contribution in [3.05, 3.63) is 71.3 Å². The van der Waals surface area contributed by atoms with Crippen LogP contribution in [0.3, 0.4) is 0 Å². The zero-order chi connectivity index (χ0) is 17.3. The number of nitrogens with two attached hydrogens (primary N) is 1. The van der Waals surface area contributed by atoms with Gasteiger partial charge in [0.2, 0.25) is 0 Å². The van der Waals surface area contributed by atoms with Gasteiger partial charge >= 0.3 is 0 Å². The van der Waals surface area contributed by atoms with E-state index in [1.54, 1.807) is 6.07 Å². The first-order chi connectivity index (χ1) is 11.5. The summed E-state index contributed by atoms with van der Waals surface area (Å²) in [7, 11) is 0. The number of nitrogens with zero attached hydrogens (tertiary/aromatic N) is 2. The van der Waals surface area contributed by atoms with Gasteiger partial charge in [-0.15, -0.1) is 0 Å². The summed E-state index contributed by atoms with van der Waals surface area (Å²) in [4.78, 5) is 4.27. The van der Waals surface area contributed by atoms with Gasteiger partial charge in [0.25, 0.3) is 0 Å². The molecule has 0 aliphatic carbocycles. The summed E-state index contributed by atoms with van der Waals surface area (Å²) >= 11 is 0. The lowest BCUT2D eigenvalue weighted by atomic mass is 9.96. The topological polar surface area (TPSA) is 62.7 Å². The number of benzene rings is 2. The van der Waals surface area contributed by atoms with Crippen molar-refractivity contribution in [3.63, 3.8) is 0 Å². The van der Waals surface area contributed by atoms with Gasteiger partial charge in [-0.1, -0.05) is 24.3 Å². The fraction of sp³-hybridized carbons (Fsp3) is 0.0526. The van der Waals surface area contributed by atoms with E-state index < -0.39 is 11.6 Å². The summed E-state index contributed by atoms with van der Waals surface area (Å²) in [6.45, 7) is 1.92. The molecule has 0 spiro atoms. The van der Waals surface area contributed by atoms with Gasteiger partial charge in [-0.2, -0.15) is 5.26 Å². The molecule has 0 fully saturated rings. The lowest BCUT2D eigenvalue weighted by molar-refractivity contribution is 0.585. The first-order valence-electron chi connectivity index (χ1n) is 7.23. The Labute approximate surface area is 138 Å². The molecule has 0 aliphatic heterocycles. The van der Waals surface area contributed by atoms with E-state index >= 15 is 0 Å². The second-order valence-corrected chi connectivity index (χ2v) is 5.37. The van der Waals surface area contributed by atoms with E-state index in [-0.39, 0.29) is 16.9 Å². The maximum absolute atomic E-state index is 14.2. The molecule has 3 rings (SSSR count). The second kappa shape index (κ2) is 6.09. The second-order valence-electron chi connectivity index (χ2n) is 5.37. The van der Waals surface area contributed by atoms with Gasteiger partial charge in [0.15, 0.2) is 0 Å². The van der Waals surface area contributed by atoms with E-state index in [0.717, 1.165) is 23.3 Å². The van der Waals surface area contributed by atoms with Gasteiger partial charge < -0.3 is 5.73 Å². The third-order valence-corrected chi connectivity index (χ3v) is 3.80. The number of nitrogen functional groups attached to an aromatic ring is 1. The average Bonchev–Trinajstić information content (AvgIpc) is 2.54. The van der Waals surface area contributed by atoms with E-state index in [2.05, 4.69) is 4.98 Å². The van der Waals surface area contributed by atoms with Crippen LogP contribution in [-0.2, 0) is 0 Å². The van der Waals surface area contributed by atoms with E-state index in [0.29, 0.717) is 11.3 Å². The molecule has 0 amide bonds. The standard InChI is InChI=1S/C19H13F2N3/c1-11-4-2-3-5-13(11)18-9-15(16(10-22)19(23)24-18)14-7-6-12(20)8-17(14)21/h2-9H,1H3,(H2,23,24). The monoisotopic (exact) mass is 321 g/mol. The number of aromatic nitrogens is 1. The Morgan fingerprint density at radius 1 is 1.00 bits per heavy atom. The average molecular weight is 321 g/mol. The molecule has 24 heavy (non-hydrogen) atoms. The summed E-state index contributed by atoms with van der Waals surface area (Å²) in [6.07, 6.45) is 0. The maximum atomic E-state index is 14.2. The molecule has 0 aliphatic rings. The minimum atomic E-state index is -0.757. The van der Waals surface area contributed by atoms with Crippen molar-refractivity contribution in [1.29, 1.82) is 5.26 Å². The van der Waals surface area contributed by atoms with E-state index in [1.165, 1.54) is 6.07 Å². The highest BCUT2D eigenvalue weighted by Gasteiger charge is 2.17. The highest BCUT2D eigenvalue weighted by Crippen LogP contribution is 2.33. The van der Waals surface area contributed by atoms with Crippen LogP contribution in [0.25, 0.3) is 22.4 Å². The minimum absolute atomic E-state index is 0.0111. The van der Waals surface area contributed by atoms with Gasteiger partial charge in [-0.05, 0) is 30.7 Å². The van der Waals surface area contributed by atoms with E-state index in [4.69, 9.17) is 5.73 Å². The quantitative estimate of drug-likeness (QED) is 0.758. The Morgan fingerprint density at radius 2 is 1.75 bits per heavy atom. The Bertz CT molecular complexity index is 975.